The average Bonchev–Trinajstić information content (AvgIpc) is 2.15. The Labute approximate surface area is 101 Å². The number of hydrogen-bond acceptors (Lipinski definition) is 3. The van der Waals surface area contributed by atoms with E-state index in [0.717, 1.165) is 0 Å². The summed E-state index contributed by atoms with van der Waals surface area (Å²) in [6.45, 7) is 0. The third kappa shape index (κ3) is 3.65. The normalized spacial score (nSPS) is 14.9. The van der Waals surface area contributed by atoms with E-state index >= 15 is 0 Å². The van der Waals surface area contributed by atoms with Gasteiger partial charge in [-0.05, 0) is 30.2 Å². The Hall–Kier alpha value is -0.290. The van der Waals surface area contributed by atoms with Gasteiger partial charge in [-0.25, -0.2) is 0 Å². The quantitative estimate of drug-likeness (QED) is 0.747. The molecule has 0 bridgehead atoms. The van der Waals surface area contributed by atoms with Crippen LogP contribution in [0.25, 0.3) is 0 Å². The van der Waals surface area contributed by atoms with Crippen LogP contribution in [0.4, 0.5) is 0 Å². The molecule has 0 spiro atoms. The molecule has 0 radical (unpaired) electrons. The highest BCUT2D eigenvalue weighted by Gasteiger charge is 2.18. The molecule has 3 nitrogen and oxygen atoms in total. The van der Waals surface area contributed by atoms with Gasteiger partial charge in [-0.2, -0.15) is 0 Å². The fourth-order valence-electron chi connectivity index (χ4n) is 1.26. The molecule has 2 unspecified atom stereocenters. The van der Waals surface area contributed by atoms with Crippen LogP contribution >= 0.6 is 27.5 Å². The van der Waals surface area contributed by atoms with E-state index in [2.05, 4.69) is 15.9 Å². The van der Waals surface area contributed by atoms with Gasteiger partial charge in [0.2, 0.25) is 0 Å². The predicted molar refractivity (Wildman–Crippen MR) is 62.5 cm³/mol. The number of phenols is 1. The molecule has 84 valence electrons. The lowest BCUT2D eigenvalue weighted by Gasteiger charge is -2.17. The first-order chi connectivity index (χ1) is 7.04. The van der Waals surface area contributed by atoms with Crippen molar-refractivity contribution in [3.8, 4) is 5.75 Å². The molecule has 0 amide bonds. The molecule has 0 heterocycles. The molecule has 0 aliphatic carbocycles. The van der Waals surface area contributed by atoms with Gasteiger partial charge in [0.15, 0.2) is 0 Å². The molecule has 0 fully saturated rings. The summed E-state index contributed by atoms with van der Waals surface area (Å²) < 4.78 is 0. The lowest BCUT2D eigenvalue weighted by Crippen LogP contribution is -2.18. The first-order valence-corrected chi connectivity index (χ1v) is 5.96. The largest absolute Gasteiger partial charge is 0.508 e. The third-order valence-corrected chi connectivity index (χ3v) is 2.69. The molecule has 0 saturated heterocycles. The van der Waals surface area contributed by atoms with Crippen molar-refractivity contribution in [1.29, 1.82) is 0 Å². The summed E-state index contributed by atoms with van der Waals surface area (Å²) in [4.78, 5) is 0. The van der Waals surface area contributed by atoms with Crippen molar-refractivity contribution >= 4 is 27.5 Å². The van der Waals surface area contributed by atoms with E-state index in [1.54, 1.807) is 0 Å². The highest BCUT2D eigenvalue weighted by molar-refractivity contribution is 9.09. The fraction of sp³-hybridized carbons (Fsp3) is 0.400. The summed E-state index contributed by atoms with van der Waals surface area (Å²) in [5.41, 5.74) is 0.411. The summed E-state index contributed by atoms with van der Waals surface area (Å²) in [7, 11) is 0. The van der Waals surface area contributed by atoms with Crippen molar-refractivity contribution in [2.45, 2.75) is 18.6 Å². The van der Waals surface area contributed by atoms with E-state index in [9.17, 15) is 15.3 Å². The molecule has 0 aliphatic rings. The zero-order chi connectivity index (χ0) is 11.4. The van der Waals surface area contributed by atoms with Gasteiger partial charge in [0, 0.05) is 10.4 Å². The summed E-state index contributed by atoms with van der Waals surface area (Å²) in [5, 5.41) is 29.5. The van der Waals surface area contributed by atoms with E-state index in [-0.39, 0.29) is 5.75 Å². The van der Waals surface area contributed by atoms with Crippen LogP contribution in [0.15, 0.2) is 18.2 Å². The van der Waals surface area contributed by atoms with Crippen molar-refractivity contribution in [2.75, 3.05) is 5.33 Å². The molecule has 15 heavy (non-hydrogen) atoms. The first kappa shape index (κ1) is 12.8. The molecule has 3 N–H and O–H groups in total. The van der Waals surface area contributed by atoms with Crippen LogP contribution < -0.4 is 0 Å². The Morgan fingerprint density at radius 3 is 2.47 bits per heavy atom. The Balaban J connectivity index is 2.85. The van der Waals surface area contributed by atoms with Gasteiger partial charge >= 0.3 is 0 Å². The second kappa shape index (κ2) is 5.70. The van der Waals surface area contributed by atoms with E-state index in [1.165, 1.54) is 18.2 Å². The van der Waals surface area contributed by atoms with Gasteiger partial charge in [-0.1, -0.05) is 27.5 Å². The molecule has 1 aromatic carbocycles. The molecular weight excluding hydrogens is 283 g/mol. The average molecular weight is 296 g/mol. The molecule has 0 saturated carbocycles. The molecule has 0 aliphatic heterocycles. The van der Waals surface area contributed by atoms with Crippen molar-refractivity contribution in [2.24, 2.45) is 0 Å². The SMILES string of the molecule is Oc1cc(Cl)cc(C(O)C(O)CCBr)c1. The number of aliphatic hydroxyl groups excluding tert-OH is 2. The lowest BCUT2D eigenvalue weighted by molar-refractivity contribution is 0.0173. The lowest BCUT2D eigenvalue weighted by atomic mass is 10.0. The molecular formula is C10H12BrClO3. The van der Waals surface area contributed by atoms with Crippen LogP contribution in [0.1, 0.15) is 18.1 Å². The van der Waals surface area contributed by atoms with Gasteiger partial charge in [-0.15, -0.1) is 0 Å². The maximum Gasteiger partial charge on any atom is 0.117 e. The van der Waals surface area contributed by atoms with E-state index in [1.807, 2.05) is 0 Å². The minimum Gasteiger partial charge on any atom is -0.508 e. The second-order valence-electron chi connectivity index (χ2n) is 3.23. The maximum atomic E-state index is 9.73. The highest BCUT2D eigenvalue weighted by Crippen LogP contribution is 2.26. The standard InChI is InChI=1S/C10H12BrClO3/c11-2-1-9(14)10(15)6-3-7(12)5-8(13)4-6/h3-5,9-10,13-15H,1-2H2. The van der Waals surface area contributed by atoms with Gasteiger partial charge < -0.3 is 15.3 Å². The summed E-state index contributed by atoms with van der Waals surface area (Å²) >= 11 is 8.89. The minimum atomic E-state index is -1.04. The summed E-state index contributed by atoms with van der Waals surface area (Å²) in [5.74, 6) is -0.0254. The molecule has 5 heteroatoms. The van der Waals surface area contributed by atoms with Gasteiger partial charge in [-0.3, -0.25) is 0 Å². The Morgan fingerprint density at radius 2 is 1.93 bits per heavy atom. The number of aliphatic hydroxyl groups is 2. The van der Waals surface area contributed by atoms with E-state index in [4.69, 9.17) is 11.6 Å². The molecule has 2 atom stereocenters. The van der Waals surface area contributed by atoms with Crippen molar-refractivity contribution in [3.63, 3.8) is 0 Å². The zero-order valence-electron chi connectivity index (χ0n) is 7.90. The predicted octanol–water partition coefficient (Wildman–Crippen LogP) is 2.22. The van der Waals surface area contributed by atoms with Crippen LogP contribution in [0.3, 0.4) is 0 Å². The highest BCUT2D eigenvalue weighted by atomic mass is 79.9. The van der Waals surface area contributed by atoms with Gasteiger partial charge in [0.1, 0.15) is 11.9 Å². The Kier molecular flexibility index (Phi) is 4.86. The first-order valence-electron chi connectivity index (χ1n) is 4.46. The van der Waals surface area contributed by atoms with Crippen molar-refractivity contribution < 1.29 is 15.3 Å². The number of halogens is 2. The maximum absolute atomic E-state index is 9.73. The van der Waals surface area contributed by atoms with Crippen LogP contribution in [-0.4, -0.2) is 26.8 Å². The molecule has 1 rings (SSSR count). The van der Waals surface area contributed by atoms with E-state index in [0.29, 0.717) is 22.3 Å². The van der Waals surface area contributed by atoms with Crippen molar-refractivity contribution in [1.82, 2.24) is 0 Å². The van der Waals surface area contributed by atoms with Crippen LogP contribution in [0, 0.1) is 0 Å². The Morgan fingerprint density at radius 1 is 1.27 bits per heavy atom. The third-order valence-electron chi connectivity index (χ3n) is 2.02. The fourth-order valence-corrected chi connectivity index (χ4v) is 1.97. The summed E-state index contributed by atoms with van der Waals surface area (Å²) in [6.07, 6.45) is -1.48. The van der Waals surface area contributed by atoms with Gasteiger partial charge in [0.25, 0.3) is 0 Å². The van der Waals surface area contributed by atoms with Crippen molar-refractivity contribution in [3.05, 3.63) is 28.8 Å². The molecule has 0 aromatic heterocycles. The number of benzene rings is 1. The number of rotatable bonds is 4. The number of alkyl halides is 1. The van der Waals surface area contributed by atoms with Gasteiger partial charge in [0.05, 0.1) is 6.10 Å². The number of hydrogen-bond donors (Lipinski definition) is 3. The van der Waals surface area contributed by atoms with Crippen LogP contribution in [0.5, 0.6) is 5.75 Å². The number of aromatic hydroxyl groups is 1. The smallest absolute Gasteiger partial charge is 0.117 e. The minimum absolute atomic E-state index is 0.0254. The molecule has 1 aromatic rings. The Bertz CT molecular complexity index is 312. The van der Waals surface area contributed by atoms with Crippen LogP contribution in [-0.2, 0) is 0 Å². The summed E-state index contributed by atoms with van der Waals surface area (Å²) in [6, 6.07) is 4.27. The van der Waals surface area contributed by atoms with Crippen LogP contribution in [0.2, 0.25) is 5.02 Å². The monoisotopic (exact) mass is 294 g/mol. The number of phenolic OH excluding ortho intramolecular Hbond substituents is 1. The van der Waals surface area contributed by atoms with E-state index < -0.39 is 12.2 Å². The topological polar surface area (TPSA) is 60.7 Å². The zero-order valence-corrected chi connectivity index (χ0v) is 10.2. The second-order valence-corrected chi connectivity index (χ2v) is 4.46.